The van der Waals surface area contributed by atoms with Crippen LogP contribution in [0.2, 0.25) is 0 Å². The van der Waals surface area contributed by atoms with Crippen LogP contribution in [0.1, 0.15) is 41.9 Å². The number of rotatable bonds is 3. The molecular formula is C22H24N2O2. The minimum Gasteiger partial charge on any atom is -0.336 e. The van der Waals surface area contributed by atoms with Crippen molar-refractivity contribution in [3.05, 3.63) is 71.3 Å². The molecule has 2 aliphatic rings. The number of amides is 2. The van der Waals surface area contributed by atoms with Crippen LogP contribution in [0, 0.1) is 0 Å². The molecule has 4 rings (SSSR count). The van der Waals surface area contributed by atoms with Crippen molar-refractivity contribution in [3.8, 4) is 0 Å². The van der Waals surface area contributed by atoms with E-state index in [4.69, 9.17) is 0 Å². The van der Waals surface area contributed by atoms with E-state index in [1.807, 2.05) is 29.2 Å². The van der Waals surface area contributed by atoms with E-state index in [1.54, 1.807) is 4.90 Å². The summed E-state index contributed by atoms with van der Waals surface area (Å²) in [5.74, 6) is 0.347. The van der Waals surface area contributed by atoms with E-state index >= 15 is 0 Å². The van der Waals surface area contributed by atoms with Crippen molar-refractivity contribution in [2.45, 2.75) is 31.7 Å². The van der Waals surface area contributed by atoms with Gasteiger partial charge in [0.25, 0.3) is 0 Å². The number of hydrogen-bond acceptors (Lipinski definition) is 2. The van der Waals surface area contributed by atoms with Gasteiger partial charge in [-0.3, -0.25) is 9.59 Å². The van der Waals surface area contributed by atoms with Crippen molar-refractivity contribution in [1.29, 1.82) is 0 Å². The summed E-state index contributed by atoms with van der Waals surface area (Å²) < 4.78 is 0. The number of nitrogens with zero attached hydrogens (tertiary/aromatic N) is 2. The average Bonchev–Trinajstić information content (AvgIpc) is 2.69. The molecule has 0 spiro atoms. The first-order valence-electron chi connectivity index (χ1n) is 9.40. The number of fused-ring (bicyclic) bond motifs is 1. The fraction of sp³-hybridized carbons (Fsp3) is 0.364. The number of benzene rings is 2. The van der Waals surface area contributed by atoms with E-state index in [1.165, 1.54) is 16.7 Å². The van der Waals surface area contributed by atoms with Gasteiger partial charge < -0.3 is 9.80 Å². The molecule has 0 N–H and O–H groups in total. The first-order valence-corrected chi connectivity index (χ1v) is 9.40. The molecule has 2 heterocycles. The molecule has 0 saturated carbocycles. The summed E-state index contributed by atoms with van der Waals surface area (Å²) in [6.45, 7) is 2.21. The van der Waals surface area contributed by atoms with Crippen molar-refractivity contribution in [3.63, 3.8) is 0 Å². The summed E-state index contributed by atoms with van der Waals surface area (Å²) in [6, 6.07) is 18.7. The van der Waals surface area contributed by atoms with Gasteiger partial charge in [-0.25, -0.2) is 0 Å². The summed E-state index contributed by atoms with van der Waals surface area (Å²) in [4.78, 5) is 28.6. The highest BCUT2D eigenvalue weighted by atomic mass is 16.2. The van der Waals surface area contributed by atoms with Crippen LogP contribution < -0.4 is 0 Å². The van der Waals surface area contributed by atoms with Crippen LogP contribution in [0.25, 0.3) is 0 Å². The molecule has 2 aromatic carbocycles. The fourth-order valence-corrected chi connectivity index (χ4v) is 4.06. The summed E-state index contributed by atoms with van der Waals surface area (Å²) in [5.41, 5.74) is 3.73. The zero-order valence-corrected chi connectivity index (χ0v) is 14.9. The molecular weight excluding hydrogens is 324 g/mol. The highest BCUT2D eigenvalue weighted by Gasteiger charge is 2.30. The molecule has 1 saturated heterocycles. The van der Waals surface area contributed by atoms with Gasteiger partial charge in [0.05, 0.1) is 6.54 Å². The molecule has 1 atom stereocenters. The van der Waals surface area contributed by atoms with Crippen molar-refractivity contribution < 1.29 is 9.59 Å². The summed E-state index contributed by atoms with van der Waals surface area (Å²) >= 11 is 0. The summed E-state index contributed by atoms with van der Waals surface area (Å²) in [6.07, 6.45) is 2.51. The predicted molar refractivity (Wildman–Crippen MR) is 101 cm³/mol. The van der Waals surface area contributed by atoms with E-state index in [-0.39, 0.29) is 24.3 Å². The number of likely N-dealkylation sites (tertiary alicyclic amines) is 1. The molecule has 1 fully saturated rings. The van der Waals surface area contributed by atoms with E-state index in [2.05, 4.69) is 30.3 Å². The van der Waals surface area contributed by atoms with Gasteiger partial charge in [-0.1, -0.05) is 54.6 Å². The van der Waals surface area contributed by atoms with Gasteiger partial charge in [-0.15, -0.1) is 0 Å². The third-order valence-electron chi connectivity index (χ3n) is 5.50. The standard InChI is InChI=1S/C22H24N2O2/c25-21-12-6-7-13-23(21)16-22(26)24-14-18-10-4-5-11-19(18)20(15-24)17-8-2-1-3-9-17/h1-5,8-11,20H,6-7,12-16H2. The lowest BCUT2D eigenvalue weighted by Crippen LogP contribution is -2.46. The van der Waals surface area contributed by atoms with E-state index in [0.717, 1.165) is 12.8 Å². The third-order valence-corrected chi connectivity index (χ3v) is 5.50. The zero-order valence-electron chi connectivity index (χ0n) is 14.9. The molecule has 0 radical (unpaired) electrons. The zero-order chi connectivity index (χ0) is 17.9. The van der Waals surface area contributed by atoms with Crippen LogP contribution in [0.5, 0.6) is 0 Å². The first kappa shape index (κ1) is 16.8. The van der Waals surface area contributed by atoms with Crippen molar-refractivity contribution in [1.82, 2.24) is 9.80 Å². The largest absolute Gasteiger partial charge is 0.336 e. The van der Waals surface area contributed by atoms with Gasteiger partial charge in [-0.05, 0) is 29.5 Å². The predicted octanol–water partition coefficient (Wildman–Crippen LogP) is 3.17. The Balaban J connectivity index is 1.57. The average molecular weight is 348 g/mol. The second kappa shape index (κ2) is 7.32. The normalized spacial score (nSPS) is 20.0. The molecule has 0 bridgehead atoms. The molecule has 0 aliphatic carbocycles. The van der Waals surface area contributed by atoms with Gasteiger partial charge >= 0.3 is 0 Å². The fourth-order valence-electron chi connectivity index (χ4n) is 4.06. The Labute approximate surface area is 154 Å². The van der Waals surface area contributed by atoms with E-state index < -0.39 is 0 Å². The van der Waals surface area contributed by atoms with Crippen LogP contribution in [0.15, 0.2) is 54.6 Å². The van der Waals surface area contributed by atoms with Crippen LogP contribution in [-0.2, 0) is 16.1 Å². The number of carbonyl (C=O) groups is 2. The van der Waals surface area contributed by atoms with Crippen molar-refractivity contribution >= 4 is 11.8 Å². The molecule has 2 aliphatic heterocycles. The topological polar surface area (TPSA) is 40.6 Å². The quantitative estimate of drug-likeness (QED) is 0.855. The maximum atomic E-state index is 12.9. The number of carbonyl (C=O) groups excluding carboxylic acids is 2. The second-order valence-electron chi connectivity index (χ2n) is 7.21. The van der Waals surface area contributed by atoms with Gasteiger partial charge in [-0.2, -0.15) is 0 Å². The minimum atomic E-state index is 0.0516. The van der Waals surface area contributed by atoms with Gasteiger partial charge in [0.2, 0.25) is 11.8 Å². The Morgan fingerprint density at radius 1 is 1.00 bits per heavy atom. The minimum absolute atomic E-state index is 0.0516. The highest BCUT2D eigenvalue weighted by molar-refractivity contribution is 5.85. The molecule has 0 aromatic heterocycles. The lowest BCUT2D eigenvalue weighted by molar-refractivity contribution is -0.142. The van der Waals surface area contributed by atoms with Gasteiger partial charge in [0.1, 0.15) is 0 Å². The lowest BCUT2D eigenvalue weighted by atomic mass is 9.84. The molecule has 2 amide bonds. The third kappa shape index (κ3) is 3.36. The van der Waals surface area contributed by atoms with Crippen molar-refractivity contribution in [2.24, 2.45) is 0 Å². The van der Waals surface area contributed by atoms with E-state index in [0.29, 0.717) is 26.1 Å². The maximum absolute atomic E-state index is 12.9. The first-order chi connectivity index (χ1) is 12.7. The Bertz CT molecular complexity index is 803. The summed E-state index contributed by atoms with van der Waals surface area (Å²) in [5, 5.41) is 0. The van der Waals surface area contributed by atoms with Gasteiger partial charge in [0.15, 0.2) is 0 Å². The van der Waals surface area contributed by atoms with Crippen LogP contribution >= 0.6 is 0 Å². The molecule has 2 aromatic rings. The Kier molecular flexibility index (Phi) is 4.74. The number of piperidine rings is 1. The van der Waals surface area contributed by atoms with Crippen LogP contribution in [0.3, 0.4) is 0 Å². The van der Waals surface area contributed by atoms with Crippen LogP contribution in [-0.4, -0.2) is 41.2 Å². The molecule has 1 unspecified atom stereocenters. The monoisotopic (exact) mass is 348 g/mol. The lowest BCUT2D eigenvalue weighted by Gasteiger charge is -2.36. The van der Waals surface area contributed by atoms with E-state index in [9.17, 15) is 9.59 Å². The highest BCUT2D eigenvalue weighted by Crippen LogP contribution is 2.33. The van der Waals surface area contributed by atoms with Crippen molar-refractivity contribution in [2.75, 3.05) is 19.6 Å². The molecule has 4 nitrogen and oxygen atoms in total. The van der Waals surface area contributed by atoms with Gasteiger partial charge in [0, 0.05) is 32.0 Å². The second-order valence-corrected chi connectivity index (χ2v) is 7.21. The number of hydrogen-bond donors (Lipinski definition) is 0. The SMILES string of the molecule is O=C1CCCCN1CC(=O)N1Cc2ccccc2C(c2ccccc2)C1. The molecule has 4 heteroatoms. The Morgan fingerprint density at radius 3 is 2.58 bits per heavy atom. The smallest absolute Gasteiger partial charge is 0.242 e. The molecule has 134 valence electrons. The van der Waals surface area contributed by atoms with Crippen LogP contribution in [0.4, 0.5) is 0 Å². The Hall–Kier alpha value is -2.62. The Morgan fingerprint density at radius 2 is 1.77 bits per heavy atom. The molecule has 26 heavy (non-hydrogen) atoms. The maximum Gasteiger partial charge on any atom is 0.242 e. The summed E-state index contributed by atoms with van der Waals surface area (Å²) in [7, 11) is 0.